The van der Waals surface area contributed by atoms with Crippen LogP contribution in [-0.2, 0) is 19.2 Å². The SMILES string of the molecule is Cc1ccc(C(CCCC(N)=O)C(N)=O)c(C)c1C(CCCC(N)=O)C(N)=O. The fourth-order valence-corrected chi connectivity index (χ4v) is 3.64. The molecule has 4 amide bonds. The molecule has 2 atom stereocenters. The molecule has 0 aliphatic heterocycles. The third kappa shape index (κ3) is 6.37. The first-order valence-corrected chi connectivity index (χ1v) is 9.31. The van der Waals surface area contributed by atoms with Crippen molar-refractivity contribution >= 4 is 23.6 Å². The third-order valence-corrected chi connectivity index (χ3v) is 5.02. The second-order valence-electron chi connectivity index (χ2n) is 7.14. The molecule has 1 rings (SSSR count). The van der Waals surface area contributed by atoms with Crippen LogP contribution in [0.4, 0.5) is 0 Å². The van der Waals surface area contributed by atoms with Gasteiger partial charge in [0.15, 0.2) is 0 Å². The van der Waals surface area contributed by atoms with Crippen molar-refractivity contribution in [3.8, 4) is 0 Å². The average Bonchev–Trinajstić information content (AvgIpc) is 2.57. The zero-order valence-corrected chi connectivity index (χ0v) is 16.5. The van der Waals surface area contributed by atoms with E-state index >= 15 is 0 Å². The van der Waals surface area contributed by atoms with Crippen molar-refractivity contribution in [1.82, 2.24) is 0 Å². The summed E-state index contributed by atoms with van der Waals surface area (Å²) in [5, 5.41) is 0. The van der Waals surface area contributed by atoms with E-state index in [0.29, 0.717) is 31.2 Å². The Labute approximate surface area is 165 Å². The van der Waals surface area contributed by atoms with Crippen LogP contribution >= 0.6 is 0 Å². The van der Waals surface area contributed by atoms with Gasteiger partial charge >= 0.3 is 0 Å². The number of primary amides is 4. The molecule has 28 heavy (non-hydrogen) atoms. The maximum atomic E-state index is 12.1. The van der Waals surface area contributed by atoms with Crippen molar-refractivity contribution in [3.05, 3.63) is 34.4 Å². The second kappa shape index (κ2) is 10.4. The van der Waals surface area contributed by atoms with E-state index in [1.165, 1.54) is 0 Å². The van der Waals surface area contributed by atoms with Gasteiger partial charge in [-0.15, -0.1) is 0 Å². The molecule has 0 saturated carbocycles. The van der Waals surface area contributed by atoms with Crippen molar-refractivity contribution < 1.29 is 19.2 Å². The molecule has 0 bridgehead atoms. The Hall–Kier alpha value is -2.90. The van der Waals surface area contributed by atoms with Gasteiger partial charge in [0.25, 0.3) is 0 Å². The Bertz CT molecular complexity index is 761. The lowest BCUT2D eigenvalue weighted by Crippen LogP contribution is -2.26. The highest BCUT2D eigenvalue weighted by Gasteiger charge is 2.27. The number of nitrogens with two attached hydrogens (primary N) is 4. The molecule has 0 saturated heterocycles. The van der Waals surface area contributed by atoms with E-state index in [2.05, 4.69) is 0 Å². The van der Waals surface area contributed by atoms with Gasteiger partial charge in [-0.05, 0) is 61.8 Å². The van der Waals surface area contributed by atoms with Gasteiger partial charge in [0, 0.05) is 12.8 Å². The predicted molar refractivity (Wildman–Crippen MR) is 106 cm³/mol. The van der Waals surface area contributed by atoms with Crippen LogP contribution in [0.5, 0.6) is 0 Å². The standard InChI is InChI=1S/C20H30N4O4/c1-11-9-10-13(14(19(23)27)5-3-7-16(21)25)12(2)18(11)15(20(24)28)6-4-8-17(22)26/h9-10,14-15H,3-8H2,1-2H3,(H2,21,25)(H2,22,26)(H2,23,27)(H2,24,28). The highest BCUT2D eigenvalue weighted by atomic mass is 16.2. The van der Waals surface area contributed by atoms with Crippen molar-refractivity contribution in [3.63, 3.8) is 0 Å². The van der Waals surface area contributed by atoms with Gasteiger partial charge in [0.05, 0.1) is 11.8 Å². The number of rotatable bonds is 12. The van der Waals surface area contributed by atoms with Crippen LogP contribution in [0, 0.1) is 13.8 Å². The minimum absolute atomic E-state index is 0.165. The van der Waals surface area contributed by atoms with E-state index in [-0.39, 0.29) is 12.8 Å². The lowest BCUT2D eigenvalue weighted by molar-refractivity contribution is -0.121. The normalized spacial score (nSPS) is 12.9. The van der Waals surface area contributed by atoms with Gasteiger partial charge in [-0.25, -0.2) is 0 Å². The highest BCUT2D eigenvalue weighted by molar-refractivity contribution is 5.85. The number of carbonyl (C=O) groups excluding carboxylic acids is 4. The summed E-state index contributed by atoms with van der Waals surface area (Å²) >= 11 is 0. The lowest BCUT2D eigenvalue weighted by Gasteiger charge is -2.24. The molecular weight excluding hydrogens is 360 g/mol. The predicted octanol–water partition coefficient (Wildman–Crippen LogP) is 0.752. The Kier molecular flexibility index (Phi) is 8.63. The first-order valence-electron chi connectivity index (χ1n) is 9.31. The van der Waals surface area contributed by atoms with Gasteiger partial charge in [0.1, 0.15) is 0 Å². The first-order chi connectivity index (χ1) is 13.1. The summed E-state index contributed by atoms with van der Waals surface area (Å²) in [5.74, 6) is -3.08. The molecule has 0 aromatic heterocycles. The topological polar surface area (TPSA) is 172 Å². The largest absolute Gasteiger partial charge is 0.370 e. The molecule has 0 aliphatic carbocycles. The summed E-state index contributed by atoms with van der Waals surface area (Å²) in [5.41, 5.74) is 24.7. The molecule has 0 aliphatic rings. The van der Waals surface area contributed by atoms with Crippen molar-refractivity contribution in [2.75, 3.05) is 0 Å². The second-order valence-corrected chi connectivity index (χ2v) is 7.14. The fourth-order valence-electron chi connectivity index (χ4n) is 3.64. The van der Waals surface area contributed by atoms with Crippen LogP contribution in [0.1, 0.15) is 72.6 Å². The molecule has 0 radical (unpaired) electrons. The minimum atomic E-state index is -0.599. The smallest absolute Gasteiger partial charge is 0.224 e. The van der Waals surface area contributed by atoms with Gasteiger partial charge in [-0.1, -0.05) is 12.1 Å². The average molecular weight is 390 g/mol. The summed E-state index contributed by atoms with van der Waals surface area (Å²) in [6.07, 6.45) is 1.96. The van der Waals surface area contributed by atoms with Crippen molar-refractivity contribution in [1.29, 1.82) is 0 Å². The number of benzene rings is 1. The van der Waals surface area contributed by atoms with Gasteiger partial charge in [-0.2, -0.15) is 0 Å². The minimum Gasteiger partial charge on any atom is -0.370 e. The molecule has 0 fully saturated rings. The molecule has 8 N–H and O–H groups in total. The van der Waals surface area contributed by atoms with Crippen molar-refractivity contribution in [2.24, 2.45) is 22.9 Å². The van der Waals surface area contributed by atoms with E-state index in [9.17, 15) is 19.2 Å². The molecule has 2 unspecified atom stereocenters. The fraction of sp³-hybridized carbons (Fsp3) is 0.500. The Balaban J connectivity index is 3.25. The monoisotopic (exact) mass is 390 g/mol. The Morgan fingerprint density at radius 1 is 0.786 bits per heavy atom. The van der Waals surface area contributed by atoms with Crippen LogP contribution < -0.4 is 22.9 Å². The van der Waals surface area contributed by atoms with Gasteiger partial charge in [-0.3, -0.25) is 19.2 Å². The number of hydrogen-bond acceptors (Lipinski definition) is 4. The van der Waals surface area contributed by atoms with Crippen LogP contribution in [0.3, 0.4) is 0 Å². The molecule has 1 aromatic rings. The first kappa shape index (κ1) is 23.1. The van der Waals surface area contributed by atoms with E-state index in [4.69, 9.17) is 22.9 Å². The van der Waals surface area contributed by atoms with Crippen molar-refractivity contribution in [2.45, 2.75) is 64.2 Å². The quantitative estimate of drug-likeness (QED) is 0.412. The molecule has 8 heteroatoms. The van der Waals surface area contributed by atoms with Crippen LogP contribution in [0.25, 0.3) is 0 Å². The Morgan fingerprint density at radius 3 is 1.68 bits per heavy atom. The molecule has 154 valence electrons. The van der Waals surface area contributed by atoms with Gasteiger partial charge < -0.3 is 22.9 Å². The zero-order chi connectivity index (χ0) is 21.4. The summed E-state index contributed by atoms with van der Waals surface area (Å²) in [7, 11) is 0. The molecule has 8 nitrogen and oxygen atoms in total. The van der Waals surface area contributed by atoms with Crippen LogP contribution in [0.15, 0.2) is 12.1 Å². The summed E-state index contributed by atoms with van der Waals surface area (Å²) in [6, 6.07) is 3.64. The number of carbonyl (C=O) groups is 4. The molecular formula is C20H30N4O4. The number of hydrogen-bond donors (Lipinski definition) is 4. The third-order valence-electron chi connectivity index (χ3n) is 5.02. The van der Waals surface area contributed by atoms with Crippen LogP contribution in [-0.4, -0.2) is 23.6 Å². The van der Waals surface area contributed by atoms with E-state index in [0.717, 1.165) is 16.7 Å². The van der Waals surface area contributed by atoms with Crippen LogP contribution in [0.2, 0.25) is 0 Å². The van der Waals surface area contributed by atoms with E-state index in [1.807, 2.05) is 26.0 Å². The lowest BCUT2D eigenvalue weighted by atomic mass is 9.80. The Morgan fingerprint density at radius 2 is 1.25 bits per heavy atom. The number of amides is 4. The molecule has 1 aromatic carbocycles. The summed E-state index contributed by atoms with van der Waals surface area (Å²) in [4.78, 5) is 46.1. The van der Waals surface area contributed by atoms with Gasteiger partial charge in [0.2, 0.25) is 23.6 Å². The zero-order valence-electron chi connectivity index (χ0n) is 16.5. The maximum Gasteiger partial charge on any atom is 0.224 e. The van der Waals surface area contributed by atoms with E-state index < -0.39 is 35.5 Å². The molecule has 0 spiro atoms. The summed E-state index contributed by atoms with van der Waals surface area (Å²) in [6.45, 7) is 3.69. The maximum absolute atomic E-state index is 12.1. The van der Waals surface area contributed by atoms with E-state index in [1.54, 1.807) is 0 Å². The number of aryl methyl sites for hydroxylation is 1. The highest BCUT2D eigenvalue weighted by Crippen LogP contribution is 2.34. The molecule has 0 heterocycles. The summed E-state index contributed by atoms with van der Waals surface area (Å²) < 4.78 is 0.